The first-order valence-corrected chi connectivity index (χ1v) is 9.39. The van der Waals surface area contributed by atoms with Crippen LogP contribution in [0.3, 0.4) is 0 Å². The van der Waals surface area contributed by atoms with E-state index in [-0.39, 0.29) is 18.3 Å². The maximum Gasteiger partial charge on any atom is 0.316 e. The van der Waals surface area contributed by atoms with E-state index in [2.05, 4.69) is 18.0 Å². The Balaban J connectivity index is 1.61. The summed E-state index contributed by atoms with van der Waals surface area (Å²) in [6.07, 6.45) is 3.03. The highest BCUT2D eigenvalue weighted by Gasteiger charge is 2.20. The molecule has 1 unspecified atom stereocenters. The van der Waals surface area contributed by atoms with E-state index < -0.39 is 0 Å². The Kier molecular flexibility index (Phi) is 5.72. The van der Waals surface area contributed by atoms with Gasteiger partial charge in [-0.3, -0.25) is 4.79 Å². The largest absolute Gasteiger partial charge is 0.460 e. The molecule has 0 bridgehead atoms. The van der Waals surface area contributed by atoms with Crippen molar-refractivity contribution in [3.05, 3.63) is 58.8 Å². The first kappa shape index (κ1) is 17.5. The number of hydrogen-bond acceptors (Lipinski definition) is 5. The van der Waals surface area contributed by atoms with Crippen LogP contribution in [0.4, 0.5) is 0 Å². The van der Waals surface area contributed by atoms with Crippen LogP contribution < -0.4 is 0 Å². The topological polar surface area (TPSA) is 63.0 Å². The van der Waals surface area contributed by atoms with E-state index in [0.29, 0.717) is 16.5 Å². The molecule has 1 aromatic heterocycles. The SMILES string of the molecule is CC1CCc2nc(SCC(=O)OCc3ccccc3)c(C#N)cc2C1. The molecule has 1 atom stereocenters. The molecule has 5 heteroatoms. The number of fused-ring (bicyclic) bond motifs is 1. The molecule has 0 aliphatic heterocycles. The normalized spacial score (nSPS) is 15.9. The molecular weight excluding hydrogens is 332 g/mol. The Labute approximate surface area is 152 Å². The van der Waals surface area contributed by atoms with E-state index in [1.165, 1.54) is 17.3 Å². The third kappa shape index (κ3) is 4.61. The fourth-order valence-corrected chi connectivity index (χ4v) is 3.70. The van der Waals surface area contributed by atoms with E-state index >= 15 is 0 Å². The zero-order valence-electron chi connectivity index (χ0n) is 14.2. The average molecular weight is 352 g/mol. The summed E-state index contributed by atoms with van der Waals surface area (Å²) in [4.78, 5) is 16.6. The maximum absolute atomic E-state index is 12.0. The highest BCUT2D eigenvalue weighted by molar-refractivity contribution is 7.99. The molecule has 25 heavy (non-hydrogen) atoms. The van der Waals surface area contributed by atoms with Crippen molar-refractivity contribution in [3.63, 3.8) is 0 Å². The van der Waals surface area contributed by atoms with Crippen molar-refractivity contribution in [1.29, 1.82) is 5.26 Å². The fourth-order valence-electron chi connectivity index (χ4n) is 2.92. The number of aryl methyl sites for hydroxylation is 1. The van der Waals surface area contributed by atoms with Crippen molar-refractivity contribution in [1.82, 2.24) is 4.98 Å². The number of nitrogens with zero attached hydrogens (tertiary/aromatic N) is 2. The molecule has 0 saturated heterocycles. The van der Waals surface area contributed by atoms with Crippen molar-refractivity contribution in [2.45, 2.75) is 37.8 Å². The van der Waals surface area contributed by atoms with Crippen LogP contribution in [-0.2, 0) is 29.0 Å². The number of carbonyl (C=O) groups is 1. The summed E-state index contributed by atoms with van der Waals surface area (Å²) in [5.41, 5.74) is 3.75. The second-order valence-electron chi connectivity index (χ2n) is 6.34. The number of rotatable bonds is 5. The number of thioether (sulfide) groups is 1. The molecule has 0 saturated carbocycles. The predicted molar refractivity (Wildman–Crippen MR) is 97.1 cm³/mol. The first-order chi connectivity index (χ1) is 12.2. The summed E-state index contributed by atoms with van der Waals surface area (Å²) >= 11 is 1.28. The maximum atomic E-state index is 12.0. The van der Waals surface area contributed by atoms with Gasteiger partial charge < -0.3 is 4.74 Å². The van der Waals surface area contributed by atoms with Gasteiger partial charge in [-0.2, -0.15) is 5.26 Å². The quantitative estimate of drug-likeness (QED) is 0.603. The van der Waals surface area contributed by atoms with Crippen molar-refractivity contribution >= 4 is 17.7 Å². The summed E-state index contributed by atoms with van der Waals surface area (Å²) in [5, 5.41) is 10.0. The van der Waals surface area contributed by atoms with Crippen LogP contribution in [0.15, 0.2) is 41.4 Å². The second-order valence-corrected chi connectivity index (χ2v) is 7.31. The minimum absolute atomic E-state index is 0.156. The molecule has 0 spiro atoms. The molecular formula is C20H20N2O2S. The smallest absolute Gasteiger partial charge is 0.316 e. The number of ether oxygens (including phenoxy) is 1. The number of esters is 1. The lowest BCUT2D eigenvalue weighted by atomic mass is 9.87. The Morgan fingerprint density at radius 1 is 1.40 bits per heavy atom. The van der Waals surface area contributed by atoms with E-state index in [1.807, 2.05) is 36.4 Å². The van der Waals surface area contributed by atoms with Gasteiger partial charge in [-0.25, -0.2) is 4.98 Å². The van der Waals surface area contributed by atoms with Crippen LogP contribution in [0.5, 0.6) is 0 Å². The molecule has 0 N–H and O–H groups in total. The van der Waals surface area contributed by atoms with Crippen molar-refractivity contribution in [2.75, 3.05) is 5.75 Å². The first-order valence-electron chi connectivity index (χ1n) is 8.41. The minimum Gasteiger partial charge on any atom is -0.460 e. The molecule has 0 radical (unpaired) electrons. The van der Waals surface area contributed by atoms with E-state index in [1.54, 1.807) is 0 Å². The highest BCUT2D eigenvalue weighted by Crippen LogP contribution is 2.29. The van der Waals surface area contributed by atoms with Gasteiger partial charge in [0.25, 0.3) is 0 Å². The van der Waals surface area contributed by atoms with E-state index in [9.17, 15) is 10.1 Å². The molecule has 2 aromatic rings. The number of benzene rings is 1. The van der Waals surface area contributed by atoms with E-state index in [0.717, 1.165) is 30.5 Å². The molecule has 3 rings (SSSR count). The molecule has 1 aromatic carbocycles. The van der Waals surface area contributed by atoms with Gasteiger partial charge in [-0.05, 0) is 42.4 Å². The molecule has 128 valence electrons. The minimum atomic E-state index is -0.300. The Bertz CT molecular complexity index is 799. The zero-order chi connectivity index (χ0) is 17.6. The average Bonchev–Trinajstić information content (AvgIpc) is 2.64. The molecule has 4 nitrogen and oxygen atoms in total. The van der Waals surface area contributed by atoms with E-state index in [4.69, 9.17) is 4.74 Å². The molecule has 1 aliphatic rings. The fraction of sp³-hybridized carbons (Fsp3) is 0.350. The lowest BCUT2D eigenvalue weighted by molar-refractivity contribution is -0.141. The lowest BCUT2D eigenvalue weighted by Gasteiger charge is -2.21. The van der Waals surface area contributed by atoms with Crippen molar-refractivity contribution < 1.29 is 9.53 Å². The highest BCUT2D eigenvalue weighted by atomic mass is 32.2. The summed E-state index contributed by atoms with van der Waals surface area (Å²) in [6.45, 7) is 2.49. The van der Waals surface area contributed by atoms with Crippen LogP contribution >= 0.6 is 11.8 Å². The van der Waals surface area contributed by atoms with Gasteiger partial charge in [0.15, 0.2) is 0 Å². The number of carbonyl (C=O) groups excluding carboxylic acids is 1. The van der Waals surface area contributed by atoms with Gasteiger partial charge in [-0.15, -0.1) is 0 Å². The Morgan fingerprint density at radius 3 is 2.96 bits per heavy atom. The summed E-state index contributed by atoms with van der Waals surface area (Å²) in [6, 6.07) is 13.7. The molecule has 0 amide bonds. The van der Waals surface area contributed by atoms with Crippen LogP contribution in [0, 0.1) is 17.2 Å². The standard InChI is InChI=1S/C20H20N2O2S/c1-14-7-8-18-16(9-14)10-17(11-21)20(22-18)25-13-19(23)24-12-15-5-3-2-4-6-15/h2-6,10,14H,7-9,12-13H2,1H3. The Hall–Kier alpha value is -2.32. The van der Waals surface area contributed by atoms with Crippen LogP contribution in [0.1, 0.15) is 35.7 Å². The van der Waals surface area contributed by atoms with Crippen LogP contribution in [0.2, 0.25) is 0 Å². The zero-order valence-corrected chi connectivity index (χ0v) is 15.0. The Morgan fingerprint density at radius 2 is 2.20 bits per heavy atom. The van der Waals surface area contributed by atoms with Gasteiger partial charge in [-0.1, -0.05) is 49.0 Å². The molecule has 0 fully saturated rings. The number of hydrogen-bond donors (Lipinski definition) is 0. The number of nitriles is 1. The van der Waals surface area contributed by atoms with Crippen LogP contribution in [-0.4, -0.2) is 16.7 Å². The van der Waals surface area contributed by atoms with Gasteiger partial charge >= 0.3 is 5.97 Å². The number of pyridine rings is 1. The van der Waals surface area contributed by atoms with Crippen LogP contribution in [0.25, 0.3) is 0 Å². The van der Waals surface area contributed by atoms with Crippen molar-refractivity contribution in [2.24, 2.45) is 5.92 Å². The van der Waals surface area contributed by atoms with Gasteiger partial charge in [0, 0.05) is 5.69 Å². The lowest BCUT2D eigenvalue weighted by Crippen LogP contribution is -2.14. The number of aromatic nitrogens is 1. The third-order valence-electron chi connectivity index (χ3n) is 4.29. The molecule has 1 aliphatic carbocycles. The summed E-state index contributed by atoms with van der Waals surface area (Å²) in [7, 11) is 0. The van der Waals surface area contributed by atoms with Gasteiger partial charge in [0.1, 0.15) is 17.7 Å². The predicted octanol–water partition coefficient (Wildman–Crippen LogP) is 3.91. The second kappa shape index (κ2) is 8.17. The van der Waals surface area contributed by atoms with Crippen molar-refractivity contribution in [3.8, 4) is 6.07 Å². The summed E-state index contributed by atoms with van der Waals surface area (Å²) < 4.78 is 5.28. The van der Waals surface area contributed by atoms with Gasteiger partial charge in [0.2, 0.25) is 0 Å². The molecule has 1 heterocycles. The third-order valence-corrected chi connectivity index (χ3v) is 5.25. The summed E-state index contributed by atoms with van der Waals surface area (Å²) in [5.74, 6) is 0.488. The monoisotopic (exact) mass is 352 g/mol. The van der Waals surface area contributed by atoms with Gasteiger partial charge in [0.05, 0.1) is 11.3 Å².